The maximum atomic E-state index is 14.7. The fraction of sp³-hybridized carbons (Fsp3) is 0.375. The molecule has 1 fully saturated rings. The van der Waals surface area contributed by atoms with Crippen LogP contribution in [-0.4, -0.2) is 75.0 Å². The first-order chi connectivity index (χ1) is 22.0. The van der Waals surface area contributed by atoms with Crippen molar-refractivity contribution in [1.82, 2.24) is 29.7 Å². The number of nitrogens with zero attached hydrogens (tertiary/aromatic N) is 6. The number of alkyl halides is 3. The molecule has 240 valence electrons. The van der Waals surface area contributed by atoms with Crippen molar-refractivity contribution in [2.45, 2.75) is 39.0 Å². The number of ether oxygens (including phenoxy) is 1. The van der Waals surface area contributed by atoms with Crippen LogP contribution in [-0.2, 0) is 19.3 Å². The number of H-pyrrole nitrogens is 1. The van der Waals surface area contributed by atoms with Gasteiger partial charge in [0.05, 0.1) is 29.0 Å². The molecule has 1 unspecified atom stereocenters. The first kappa shape index (κ1) is 31.3. The topological polar surface area (TPSA) is 113 Å². The zero-order chi connectivity index (χ0) is 32.6. The predicted octanol–water partition coefficient (Wildman–Crippen LogP) is 6.07. The second kappa shape index (κ2) is 12.6. The van der Waals surface area contributed by atoms with Crippen LogP contribution in [0.1, 0.15) is 47.8 Å². The monoisotopic (exact) mass is 636 g/mol. The number of pyridine rings is 2. The minimum Gasteiger partial charge on any atom is -0.452 e. The fourth-order valence-corrected chi connectivity index (χ4v) is 6.04. The Kier molecular flexibility index (Phi) is 8.54. The number of hydrogen-bond donors (Lipinski definition) is 2. The van der Waals surface area contributed by atoms with Gasteiger partial charge in [0.25, 0.3) is 0 Å². The third kappa shape index (κ3) is 6.47. The lowest BCUT2D eigenvalue weighted by molar-refractivity contribution is -0.138. The number of halogens is 4. The van der Waals surface area contributed by atoms with Crippen molar-refractivity contribution in [2.24, 2.45) is 0 Å². The van der Waals surface area contributed by atoms with Crippen molar-refractivity contribution < 1.29 is 27.1 Å². The summed E-state index contributed by atoms with van der Waals surface area (Å²) in [6.07, 6.45) is -2.14. The molecule has 6 rings (SSSR count). The molecule has 5 heterocycles. The number of piperazine rings is 1. The molecule has 3 aromatic heterocycles. The van der Waals surface area contributed by atoms with Crippen LogP contribution in [0, 0.1) is 17.1 Å². The molecule has 14 heteroatoms. The number of urea groups is 1. The number of carbonyl (C=O) groups is 1. The third-order valence-corrected chi connectivity index (χ3v) is 8.46. The highest BCUT2D eigenvalue weighted by atomic mass is 19.4. The molecule has 10 nitrogen and oxygen atoms in total. The van der Waals surface area contributed by atoms with E-state index in [0.29, 0.717) is 25.2 Å². The van der Waals surface area contributed by atoms with Crippen molar-refractivity contribution in [2.75, 3.05) is 44.6 Å². The SMILES string of the molecule is CCN1CCN(Cc2ccc(NC(=O)N3Cc4cc(Oc5c(F)cnc6[nH]c(C#N)cc56)cnc4C(C)C3)cc2C(F)(F)F)CC1. The molecule has 46 heavy (non-hydrogen) atoms. The Hall–Kier alpha value is -4.74. The van der Waals surface area contributed by atoms with E-state index >= 15 is 0 Å². The van der Waals surface area contributed by atoms with Crippen LogP contribution in [0.4, 0.5) is 28.0 Å². The summed E-state index contributed by atoms with van der Waals surface area (Å²) in [5, 5.41) is 12.1. The van der Waals surface area contributed by atoms with E-state index in [4.69, 9.17) is 4.74 Å². The number of aromatic nitrogens is 3. The van der Waals surface area contributed by atoms with Crippen LogP contribution >= 0.6 is 0 Å². The Balaban J connectivity index is 1.18. The molecule has 0 radical (unpaired) electrons. The highest BCUT2D eigenvalue weighted by Crippen LogP contribution is 2.37. The first-order valence-corrected chi connectivity index (χ1v) is 15.0. The van der Waals surface area contributed by atoms with Gasteiger partial charge in [-0.05, 0) is 41.9 Å². The molecule has 1 saturated heterocycles. The molecule has 2 amide bonds. The van der Waals surface area contributed by atoms with Crippen LogP contribution in [0.3, 0.4) is 0 Å². The average Bonchev–Trinajstić information content (AvgIpc) is 3.47. The zero-order valence-electron chi connectivity index (χ0n) is 25.3. The molecule has 2 aliphatic heterocycles. The van der Waals surface area contributed by atoms with Crippen LogP contribution in [0.5, 0.6) is 11.5 Å². The number of likely N-dealkylation sites (N-methyl/N-ethyl adjacent to an activating group) is 1. The second-order valence-corrected chi connectivity index (χ2v) is 11.6. The van der Waals surface area contributed by atoms with Gasteiger partial charge >= 0.3 is 12.2 Å². The van der Waals surface area contributed by atoms with E-state index in [1.807, 2.05) is 17.9 Å². The van der Waals surface area contributed by atoms with Crippen molar-refractivity contribution in [3.8, 4) is 17.6 Å². The number of fused-ring (bicyclic) bond motifs is 2. The van der Waals surface area contributed by atoms with Crippen molar-refractivity contribution in [3.63, 3.8) is 0 Å². The van der Waals surface area contributed by atoms with Gasteiger partial charge in [0.1, 0.15) is 23.2 Å². The quantitative estimate of drug-likeness (QED) is 0.247. The molecule has 2 aliphatic rings. The van der Waals surface area contributed by atoms with E-state index in [1.54, 1.807) is 6.07 Å². The summed E-state index contributed by atoms with van der Waals surface area (Å²) in [7, 11) is 0. The van der Waals surface area contributed by atoms with Gasteiger partial charge in [-0.3, -0.25) is 9.88 Å². The number of anilines is 1. The van der Waals surface area contributed by atoms with Gasteiger partial charge in [-0.15, -0.1) is 0 Å². The average molecular weight is 637 g/mol. The normalized spacial score (nSPS) is 17.5. The Labute approximate surface area is 262 Å². The van der Waals surface area contributed by atoms with Gasteiger partial charge in [0, 0.05) is 57.4 Å². The minimum absolute atomic E-state index is 0.0472. The molecule has 4 aromatic rings. The standard InChI is InChI=1S/C32H32F4N8O2/c1-3-42-6-8-43(9-7-42)17-20-4-5-22(12-26(20)32(34,35)36)41-31(45)44-16-19(2)28-21(18-44)10-24(14-38-28)46-29-25-11-23(13-37)40-30(25)39-15-27(29)33/h4-5,10-12,14-15,19H,3,6-9,16-18H2,1-2H3,(H,39,40)(H,41,45). The molecular formula is C32H32F4N8O2. The lowest BCUT2D eigenvalue weighted by Gasteiger charge is -2.34. The molecule has 2 N–H and O–H groups in total. The maximum Gasteiger partial charge on any atom is 0.416 e. The maximum absolute atomic E-state index is 14.7. The Morgan fingerprint density at radius 1 is 1.13 bits per heavy atom. The molecule has 1 aromatic carbocycles. The summed E-state index contributed by atoms with van der Waals surface area (Å²) in [4.78, 5) is 30.3. The summed E-state index contributed by atoms with van der Waals surface area (Å²) in [5.41, 5.74) is 1.30. The number of amides is 2. The molecule has 0 aliphatic carbocycles. The van der Waals surface area contributed by atoms with E-state index < -0.39 is 23.6 Å². The lowest BCUT2D eigenvalue weighted by Crippen LogP contribution is -2.45. The van der Waals surface area contributed by atoms with Crippen LogP contribution < -0.4 is 10.1 Å². The number of rotatable bonds is 6. The number of aromatic amines is 1. The summed E-state index contributed by atoms with van der Waals surface area (Å²) in [6, 6.07) is 8.41. The number of hydrogen-bond acceptors (Lipinski definition) is 7. The summed E-state index contributed by atoms with van der Waals surface area (Å²) < 4.78 is 62.9. The molecule has 0 spiro atoms. The summed E-state index contributed by atoms with van der Waals surface area (Å²) in [5.74, 6) is -0.834. The van der Waals surface area contributed by atoms with Gasteiger partial charge < -0.3 is 24.8 Å². The Morgan fingerprint density at radius 2 is 1.89 bits per heavy atom. The second-order valence-electron chi connectivity index (χ2n) is 11.6. The van der Waals surface area contributed by atoms with Crippen molar-refractivity contribution in [1.29, 1.82) is 5.26 Å². The van der Waals surface area contributed by atoms with Crippen molar-refractivity contribution in [3.05, 3.63) is 76.6 Å². The van der Waals surface area contributed by atoms with Gasteiger partial charge in [-0.2, -0.15) is 18.4 Å². The van der Waals surface area contributed by atoms with Crippen LogP contribution in [0.15, 0.2) is 42.7 Å². The summed E-state index contributed by atoms with van der Waals surface area (Å²) in [6.45, 7) is 8.45. The van der Waals surface area contributed by atoms with Gasteiger partial charge in [0.15, 0.2) is 11.6 Å². The molecular weight excluding hydrogens is 604 g/mol. The third-order valence-electron chi connectivity index (χ3n) is 8.46. The molecule has 0 saturated carbocycles. The largest absolute Gasteiger partial charge is 0.452 e. The fourth-order valence-electron chi connectivity index (χ4n) is 6.04. The highest BCUT2D eigenvalue weighted by molar-refractivity contribution is 5.90. The van der Waals surface area contributed by atoms with Crippen LogP contribution in [0.25, 0.3) is 11.0 Å². The predicted molar refractivity (Wildman–Crippen MR) is 162 cm³/mol. The van der Waals surface area contributed by atoms with E-state index in [-0.39, 0.29) is 58.5 Å². The Morgan fingerprint density at radius 3 is 2.61 bits per heavy atom. The lowest BCUT2D eigenvalue weighted by atomic mass is 9.96. The Bertz CT molecular complexity index is 1810. The van der Waals surface area contributed by atoms with E-state index in [1.165, 1.54) is 29.3 Å². The molecule has 0 bridgehead atoms. The van der Waals surface area contributed by atoms with Gasteiger partial charge in [-0.25, -0.2) is 14.2 Å². The van der Waals surface area contributed by atoms with E-state index in [2.05, 4.69) is 32.1 Å². The number of nitriles is 1. The van der Waals surface area contributed by atoms with E-state index in [9.17, 15) is 27.6 Å². The number of carbonyl (C=O) groups excluding carboxylic acids is 1. The summed E-state index contributed by atoms with van der Waals surface area (Å²) >= 11 is 0. The van der Waals surface area contributed by atoms with Gasteiger partial charge in [0.2, 0.25) is 0 Å². The van der Waals surface area contributed by atoms with E-state index in [0.717, 1.165) is 37.6 Å². The molecule has 1 atom stereocenters. The minimum atomic E-state index is -4.58. The highest BCUT2D eigenvalue weighted by Gasteiger charge is 2.35. The number of benzene rings is 1. The number of nitrogens with one attached hydrogen (secondary N) is 2. The van der Waals surface area contributed by atoms with Crippen LogP contribution in [0.2, 0.25) is 0 Å². The van der Waals surface area contributed by atoms with Crippen molar-refractivity contribution >= 4 is 22.8 Å². The zero-order valence-corrected chi connectivity index (χ0v) is 25.3. The smallest absolute Gasteiger partial charge is 0.416 e. The first-order valence-electron chi connectivity index (χ1n) is 15.0. The van der Waals surface area contributed by atoms with Gasteiger partial charge in [-0.1, -0.05) is 19.9 Å².